The van der Waals surface area contributed by atoms with Crippen LogP contribution in [0.1, 0.15) is 19.3 Å². The van der Waals surface area contributed by atoms with E-state index in [0.717, 1.165) is 24.9 Å². The van der Waals surface area contributed by atoms with E-state index in [1.807, 2.05) is 36.5 Å². The summed E-state index contributed by atoms with van der Waals surface area (Å²) in [5.74, 6) is 0. The third-order valence-electron chi connectivity index (χ3n) is 2.67. The highest BCUT2D eigenvalue weighted by molar-refractivity contribution is 7.80. The Kier molecular flexibility index (Phi) is 4.78. The van der Waals surface area contributed by atoms with Gasteiger partial charge in [-0.05, 0) is 49.2 Å². The molecule has 0 radical (unpaired) electrons. The van der Waals surface area contributed by atoms with Gasteiger partial charge in [-0.3, -0.25) is 5.43 Å². The van der Waals surface area contributed by atoms with Gasteiger partial charge < -0.3 is 10.7 Å². The molecule has 1 aliphatic rings. The van der Waals surface area contributed by atoms with Crippen LogP contribution in [0.3, 0.4) is 0 Å². The Morgan fingerprint density at radius 1 is 1.17 bits per heavy atom. The van der Waals surface area contributed by atoms with Crippen LogP contribution < -0.4 is 16.2 Å². The lowest BCUT2D eigenvalue weighted by Crippen LogP contribution is -2.37. The molecular weight excluding hydrogens is 242 g/mol. The first-order chi connectivity index (χ1) is 8.84. The summed E-state index contributed by atoms with van der Waals surface area (Å²) in [5, 5.41) is 3.65. The summed E-state index contributed by atoms with van der Waals surface area (Å²) < 4.78 is 0. The number of nitrogens with one attached hydrogen (secondary N) is 3. The third-order valence-corrected chi connectivity index (χ3v) is 2.88. The summed E-state index contributed by atoms with van der Waals surface area (Å²) in [6.45, 7) is 0. The average molecular weight is 259 g/mol. The van der Waals surface area contributed by atoms with Crippen LogP contribution in [0.2, 0.25) is 0 Å². The van der Waals surface area contributed by atoms with Crippen molar-refractivity contribution in [2.75, 3.05) is 5.32 Å². The summed E-state index contributed by atoms with van der Waals surface area (Å²) in [4.78, 5) is 0. The molecule has 1 aromatic rings. The van der Waals surface area contributed by atoms with Crippen LogP contribution in [0.5, 0.6) is 0 Å². The molecule has 3 N–H and O–H groups in total. The summed E-state index contributed by atoms with van der Waals surface area (Å²) in [6.07, 6.45) is 9.66. The van der Waals surface area contributed by atoms with E-state index in [4.69, 9.17) is 12.2 Å². The molecule has 0 bridgehead atoms. The van der Waals surface area contributed by atoms with Crippen LogP contribution >= 0.6 is 12.2 Å². The van der Waals surface area contributed by atoms with E-state index in [0.29, 0.717) is 5.11 Å². The minimum atomic E-state index is 0.560. The summed E-state index contributed by atoms with van der Waals surface area (Å²) in [5.41, 5.74) is 8.33. The second kappa shape index (κ2) is 6.81. The third kappa shape index (κ3) is 4.22. The molecule has 18 heavy (non-hydrogen) atoms. The Morgan fingerprint density at radius 2 is 2.00 bits per heavy atom. The lowest BCUT2D eigenvalue weighted by atomic mass is 10.0. The van der Waals surface area contributed by atoms with Crippen molar-refractivity contribution < 1.29 is 0 Å². The minimum absolute atomic E-state index is 0.560. The maximum atomic E-state index is 5.17. The van der Waals surface area contributed by atoms with Crippen LogP contribution in [-0.4, -0.2) is 5.11 Å². The molecule has 2 rings (SSSR count). The van der Waals surface area contributed by atoms with Crippen LogP contribution in [-0.2, 0) is 0 Å². The lowest BCUT2D eigenvalue weighted by Gasteiger charge is -2.12. The van der Waals surface area contributed by atoms with Crippen molar-refractivity contribution in [3.05, 3.63) is 54.3 Å². The number of thiocarbonyl (C=S) groups is 1. The van der Waals surface area contributed by atoms with Gasteiger partial charge in [-0.25, -0.2) is 0 Å². The standard InChI is InChI=1S/C14H17N3S/c18-14(16-13-9-5-2-6-10-13)17-15-11-12-7-3-1-4-8-12/h1-3,5-6,9-11,15H,4,7-8H2,(H2,16,17,18). The van der Waals surface area contributed by atoms with E-state index < -0.39 is 0 Å². The first kappa shape index (κ1) is 12.6. The number of hydrazine groups is 1. The molecule has 0 aliphatic heterocycles. The molecule has 0 aromatic heterocycles. The van der Waals surface area contributed by atoms with Gasteiger partial charge >= 0.3 is 0 Å². The van der Waals surface area contributed by atoms with Crippen LogP contribution in [0.4, 0.5) is 5.69 Å². The molecule has 0 saturated carbocycles. The minimum Gasteiger partial charge on any atom is -0.331 e. The fraction of sp³-hybridized carbons (Fsp3) is 0.214. The maximum absolute atomic E-state index is 5.17. The number of anilines is 1. The highest BCUT2D eigenvalue weighted by Crippen LogP contribution is 2.15. The molecule has 3 nitrogen and oxygen atoms in total. The lowest BCUT2D eigenvalue weighted by molar-refractivity contribution is 0.790. The predicted molar refractivity (Wildman–Crippen MR) is 80.0 cm³/mol. The van der Waals surface area contributed by atoms with Gasteiger partial charge in [0.2, 0.25) is 0 Å². The van der Waals surface area contributed by atoms with Gasteiger partial charge in [-0.15, -0.1) is 0 Å². The molecule has 0 heterocycles. The topological polar surface area (TPSA) is 36.1 Å². The number of rotatable bonds is 3. The van der Waals surface area contributed by atoms with Gasteiger partial charge in [0, 0.05) is 11.9 Å². The van der Waals surface area contributed by atoms with E-state index in [9.17, 15) is 0 Å². The second-order valence-electron chi connectivity index (χ2n) is 4.11. The molecule has 4 heteroatoms. The molecule has 0 saturated heterocycles. The van der Waals surface area contributed by atoms with Crippen molar-refractivity contribution in [1.82, 2.24) is 10.9 Å². The van der Waals surface area contributed by atoms with Crippen LogP contribution in [0.25, 0.3) is 0 Å². The van der Waals surface area contributed by atoms with E-state index in [2.05, 4.69) is 28.3 Å². The number of benzene rings is 1. The monoisotopic (exact) mass is 259 g/mol. The first-order valence-electron chi connectivity index (χ1n) is 6.05. The second-order valence-corrected chi connectivity index (χ2v) is 4.51. The fourth-order valence-corrected chi connectivity index (χ4v) is 1.92. The van der Waals surface area contributed by atoms with Gasteiger partial charge in [0.05, 0.1) is 0 Å². The Bertz CT molecular complexity index is 451. The van der Waals surface area contributed by atoms with Gasteiger partial charge in [0.1, 0.15) is 0 Å². The Balaban J connectivity index is 1.73. The van der Waals surface area contributed by atoms with Gasteiger partial charge in [0.15, 0.2) is 5.11 Å². The van der Waals surface area contributed by atoms with Gasteiger partial charge in [0.25, 0.3) is 0 Å². The quantitative estimate of drug-likeness (QED) is 0.443. The fourth-order valence-electron chi connectivity index (χ4n) is 1.74. The van der Waals surface area contributed by atoms with Crippen molar-refractivity contribution in [2.45, 2.75) is 19.3 Å². The largest absolute Gasteiger partial charge is 0.331 e. The normalized spacial score (nSPS) is 16.3. The van der Waals surface area contributed by atoms with E-state index in [1.54, 1.807) is 0 Å². The van der Waals surface area contributed by atoms with Crippen molar-refractivity contribution in [3.63, 3.8) is 0 Å². The number of hydrogen-bond acceptors (Lipinski definition) is 2. The summed E-state index contributed by atoms with van der Waals surface area (Å²) >= 11 is 5.17. The molecular formula is C14H17N3S. The van der Waals surface area contributed by atoms with E-state index in [-0.39, 0.29) is 0 Å². The molecule has 0 atom stereocenters. The zero-order valence-corrected chi connectivity index (χ0v) is 11.0. The molecule has 94 valence electrons. The van der Waals surface area contributed by atoms with E-state index in [1.165, 1.54) is 5.57 Å². The zero-order chi connectivity index (χ0) is 12.6. The molecule has 0 unspecified atom stereocenters. The smallest absolute Gasteiger partial charge is 0.189 e. The maximum Gasteiger partial charge on any atom is 0.189 e. The summed E-state index contributed by atoms with van der Waals surface area (Å²) in [7, 11) is 0. The molecule has 1 aliphatic carbocycles. The number of para-hydroxylation sites is 1. The molecule has 0 fully saturated rings. The zero-order valence-electron chi connectivity index (χ0n) is 10.1. The Hall–Kier alpha value is -1.81. The molecule has 0 spiro atoms. The SMILES string of the molecule is S=C(NNC=C1CC=CCC1)Nc1ccccc1. The highest BCUT2D eigenvalue weighted by atomic mass is 32.1. The molecule has 1 aromatic carbocycles. The van der Waals surface area contributed by atoms with Crippen LogP contribution in [0.15, 0.2) is 54.3 Å². The predicted octanol–water partition coefficient (Wildman–Crippen LogP) is 3.10. The van der Waals surface area contributed by atoms with Gasteiger partial charge in [-0.1, -0.05) is 30.4 Å². The van der Waals surface area contributed by atoms with Crippen LogP contribution in [0, 0.1) is 0 Å². The van der Waals surface area contributed by atoms with Crippen molar-refractivity contribution in [3.8, 4) is 0 Å². The van der Waals surface area contributed by atoms with Crippen molar-refractivity contribution >= 4 is 23.0 Å². The summed E-state index contributed by atoms with van der Waals surface area (Å²) in [6, 6.07) is 9.85. The van der Waals surface area contributed by atoms with Gasteiger partial charge in [-0.2, -0.15) is 0 Å². The van der Waals surface area contributed by atoms with Crippen molar-refractivity contribution in [1.29, 1.82) is 0 Å². The number of hydrogen-bond donors (Lipinski definition) is 3. The Labute approximate surface area is 113 Å². The number of allylic oxidation sites excluding steroid dienone is 3. The average Bonchev–Trinajstić information content (AvgIpc) is 2.41. The Morgan fingerprint density at radius 3 is 2.72 bits per heavy atom. The van der Waals surface area contributed by atoms with E-state index >= 15 is 0 Å². The van der Waals surface area contributed by atoms with Crippen molar-refractivity contribution in [2.24, 2.45) is 0 Å². The molecule has 0 amide bonds. The highest BCUT2D eigenvalue weighted by Gasteiger charge is 1.99. The first-order valence-corrected chi connectivity index (χ1v) is 6.46.